The van der Waals surface area contributed by atoms with Crippen molar-refractivity contribution in [2.45, 2.75) is 52.8 Å². The number of ether oxygens (including phenoxy) is 5. The largest absolute Gasteiger partial charge is 0.489 e. The zero-order chi connectivity index (χ0) is 24.5. The summed E-state index contributed by atoms with van der Waals surface area (Å²) >= 11 is 0. The number of fused-ring (bicyclic) bond motifs is 2. The lowest BCUT2D eigenvalue weighted by Crippen LogP contribution is -2.19. The van der Waals surface area contributed by atoms with E-state index in [0.29, 0.717) is 19.8 Å². The van der Waals surface area contributed by atoms with Crippen LogP contribution in [-0.4, -0.2) is 25.8 Å². The highest BCUT2D eigenvalue weighted by Gasteiger charge is 2.27. The molecule has 2 heterocycles. The molecular weight excluding hydrogens is 444 g/mol. The van der Waals surface area contributed by atoms with Gasteiger partial charge in [0.15, 0.2) is 0 Å². The summed E-state index contributed by atoms with van der Waals surface area (Å²) in [6, 6.07) is 16.4. The van der Waals surface area contributed by atoms with Crippen molar-refractivity contribution in [3.05, 3.63) is 81.9 Å². The second kappa shape index (κ2) is 9.72. The van der Waals surface area contributed by atoms with Crippen LogP contribution in [0, 0.1) is 13.8 Å². The minimum atomic E-state index is -0.637. The zero-order valence-electron chi connectivity index (χ0n) is 20.6. The lowest BCUT2D eigenvalue weighted by Gasteiger charge is -2.15. The van der Waals surface area contributed by atoms with E-state index < -0.39 is 6.29 Å². The molecule has 0 saturated heterocycles. The first kappa shape index (κ1) is 23.4. The number of aryl methyl sites for hydroxylation is 1. The van der Waals surface area contributed by atoms with Crippen LogP contribution >= 0.6 is 0 Å². The molecule has 6 nitrogen and oxygen atoms in total. The summed E-state index contributed by atoms with van der Waals surface area (Å²) < 4.78 is 28.3. The standard InChI is InChI=1S/C29H30O6/c1-17-10-27-26(13-24(35-27)16-31-4)18(2)28(17)21-7-5-6-20(11-21)14-32-23-8-9-25-22(12-23)15-33-29(25)34-19(3)30/h5-12,24,29H,13-16H2,1-4H3/t24?,29-/m0/s1. The molecule has 35 heavy (non-hydrogen) atoms. The molecule has 6 heteroatoms. The fourth-order valence-corrected chi connectivity index (χ4v) is 5.03. The summed E-state index contributed by atoms with van der Waals surface area (Å²) in [5, 5.41) is 0. The van der Waals surface area contributed by atoms with Crippen molar-refractivity contribution in [1.29, 1.82) is 0 Å². The van der Waals surface area contributed by atoms with Gasteiger partial charge in [0, 0.05) is 31.6 Å². The van der Waals surface area contributed by atoms with Crippen molar-refractivity contribution in [1.82, 2.24) is 0 Å². The van der Waals surface area contributed by atoms with Gasteiger partial charge in [-0.05, 0) is 77.6 Å². The first-order valence-electron chi connectivity index (χ1n) is 11.9. The van der Waals surface area contributed by atoms with E-state index in [9.17, 15) is 4.79 Å². The molecule has 3 aromatic rings. The summed E-state index contributed by atoms with van der Waals surface area (Å²) in [6.45, 7) is 7.13. The molecule has 0 aromatic heterocycles. The third-order valence-corrected chi connectivity index (χ3v) is 6.60. The first-order chi connectivity index (χ1) is 16.9. The maximum absolute atomic E-state index is 11.3. The molecule has 0 spiro atoms. The van der Waals surface area contributed by atoms with Gasteiger partial charge in [0.05, 0.1) is 13.2 Å². The van der Waals surface area contributed by atoms with Gasteiger partial charge in [-0.15, -0.1) is 0 Å². The Hall–Kier alpha value is -3.35. The first-order valence-corrected chi connectivity index (χ1v) is 11.9. The summed E-state index contributed by atoms with van der Waals surface area (Å²) in [5.74, 6) is 1.37. The van der Waals surface area contributed by atoms with Gasteiger partial charge in [0.1, 0.15) is 24.2 Å². The SMILES string of the molecule is COCC1Cc2c(cc(C)c(-c3cccc(COc4ccc5c(c4)CO[C@H]5OC(C)=O)c3)c2C)O1. The molecule has 0 aliphatic carbocycles. The molecular formula is C29H30O6. The van der Waals surface area contributed by atoms with Crippen LogP contribution in [0.25, 0.3) is 11.1 Å². The highest BCUT2D eigenvalue weighted by Crippen LogP contribution is 2.40. The van der Waals surface area contributed by atoms with Gasteiger partial charge in [-0.3, -0.25) is 4.79 Å². The highest BCUT2D eigenvalue weighted by molar-refractivity contribution is 5.75. The van der Waals surface area contributed by atoms with Crippen molar-refractivity contribution in [3.63, 3.8) is 0 Å². The number of esters is 1. The van der Waals surface area contributed by atoms with E-state index in [0.717, 1.165) is 34.6 Å². The summed E-state index contributed by atoms with van der Waals surface area (Å²) in [6.07, 6.45) is 0.304. The predicted molar refractivity (Wildman–Crippen MR) is 131 cm³/mol. The van der Waals surface area contributed by atoms with E-state index in [4.69, 9.17) is 23.7 Å². The number of hydrogen-bond acceptors (Lipinski definition) is 6. The smallest absolute Gasteiger partial charge is 0.305 e. The van der Waals surface area contributed by atoms with E-state index in [-0.39, 0.29) is 12.1 Å². The normalized spacial score (nSPS) is 18.1. The zero-order valence-corrected chi connectivity index (χ0v) is 20.6. The second-order valence-corrected chi connectivity index (χ2v) is 9.17. The molecule has 0 bridgehead atoms. The molecule has 0 fully saturated rings. The molecule has 1 unspecified atom stereocenters. The molecule has 2 aliphatic heterocycles. The quantitative estimate of drug-likeness (QED) is 0.416. The third kappa shape index (κ3) is 4.77. The number of benzene rings is 3. The molecule has 3 aromatic carbocycles. The number of methoxy groups -OCH3 is 1. The Balaban J connectivity index is 1.32. The molecule has 5 rings (SSSR count). The molecule has 0 radical (unpaired) electrons. The summed E-state index contributed by atoms with van der Waals surface area (Å²) in [5.41, 5.74) is 9.07. The van der Waals surface area contributed by atoms with Gasteiger partial charge < -0.3 is 23.7 Å². The predicted octanol–water partition coefficient (Wildman–Crippen LogP) is 5.59. The van der Waals surface area contributed by atoms with E-state index >= 15 is 0 Å². The Morgan fingerprint density at radius 1 is 1.11 bits per heavy atom. The Kier molecular flexibility index (Phi) is 6.50. The van der Waals surface area contributed by atoms with Crippen molar-refractivity contribution in [2.24, 2.45) is 0 Å². The van der Waals surface area contributed by atoms with Crippen molar-refractivity contribution < 1.29 is 28.5 Å². The van der Waals surface area contributed by atoms with E-state index in [1.54, 1.807) is 7.11 Å². The lowest BCUT2D eigenvalue weighted by molar-refractivity contribution is -0.175. The number of hydrogen-bond donors (Lipinski definition) is 0. The molecule has 0 N–H and O–H groups in total. The van der Waals surface area contributed by atoms with Gasteiger partial charge in [-0.25, -0.2) is 0 Å². The van der Waals surface area contributed by atoms with Crippen LogP contribution in [0.3, 0.4) is 0 Å². The van der Waals surface area contributed by atoms with Crippen LogP contribution in [0.5, 0.6) is 11.5 Å². The van der Waals surface area contributed by atoms with Gasteiger partial charge in [0.25, 0.3) is 0 Å². The van der Waals surface area contributed by atoms with Crippen LogP contribution < -0.4 is 9.47 Å². The Labute approximate surface area is 205 Å². The fraction of sp³-hybridized carbons (Fsp3) is 0.345. The van der Waals surface area contributed by atoms with Crippen molar-refractivity contribution in [3.8, 4) is 22.6 Å². The minimum absolute atomic E-state index is 0.0742. The van der Waals surface area contributed by atoms with E-state index in [1.165, 1.54) is 34.7 Å². The second-order valence-electron chi connectivity index (χ2n) is 9.17. The Bertz CT molecular complexity index is 1260. The maximum Gasteiger partial charge on any atom is 0.305 e. The molecule has 0 amide bonds. The average molecular weight is 475 g/mol. The van der Waals surface area contributed by atoms with Gasteiger partial charge in [-0.2, -0.15) is 0 Å². The van der Waals surface area contributed by atoms with Crippen LogP contribution in [0.4, 0.5) is 0 Å². The van der Waals surface area contributed by atoms with Crippen molar-refractivity contribution >= 4 is 5.97 Å². The van der Waals surface area contributed by atoms with Crippen molar-refractivity contribution in [2.75, 3.05) is 13.7 Å². The topological polar surface area (TPSA) is 63.2 Å². The average Bonchev–Trinajstić information content (AvgIpc) is 3.41. The van der Waals surface area contributed by atoms with E-state index in [2.05, 4.69) is 44.2 Å². The van der Waals surface area contributed by atoms with Gasteiger partial charge in [-0.1, -0.05) is 18.2 Å². The Morgan fingerprint density at radius 2 is 1.97 bits per heavy atom. The van der Waals surface area contributed by atoms with Crippen LogP contribution in [0.1, 0.15) is 46.6 Å². The molecule has 182 valence electrons. The maximum atomic E-state index is 11.3. The minimum Gasteiger partial charge on any atom is -0.489 e. The number of carbonyl (C=O) groups excluding carboxylic acids is 1. The third-order valence-electron chi connectivity index (χ3n) is 6.60. The Morgan fingerprint density at radius 3 is 2.77 bits per heavy atom. The van der Waals surface area contributed by atoms with Crippen LogP contribution in [0.15, 0.2) is 48.5 Å². The lowest BCUT2D eigenvalue weighted by atomic mass is 9.90. The summed E-state index contributed by atoms with van der Waals surface area (Å²) in [7, 11) is 1.71. The molecule has 2 aliphatic rings. The van der Waals surface area contributed by atoms with Gasteiger partial charge >= 0.3 is 5.97 Å². The molecule has 0 saturated carbocycles. The van der Waals surface area contributed by atoms with E-state index in [1.807, 2.05) is 18.2 Å². The van der Waals surface area contributed by atoms with Gasteiger partial charge in [0.2, 0.25) is 6.29 Å². The fourth-order valence-electron chi connectivity index (χ4n) is 5.03. The highest BCUT2D eigenvalue weighted by atomic mass is 16.7. The monoisotopic (exact) mass is 474 g/mol. The molecule has 2 atom stereocenters. The van der Waals surface area contributed by atoms with Crippen LogP contribution in [-0.2, 0) is 38.6 Å². The number of rotatable bonds is 7. The van der Waals surface area contributed by atoms with Crippen LogP contribution in [0.2, 0.25) is 0 Å². The number of carbonyl (C=O) groups is 1. The summed E-state index contributed by atoms with van der Waals surface area (Å²) in [4.78, 5) is 11.3.